The normalized spacial score (nSPS) is 15.8. The smallest absolute Gasteiger partial charge is 0.119 e. The maximum atomic E-state index is 5.26. The molecule has 2 aromatic rings. The summed E-state index contributed by atoms with van der Waals surface area (Å²) >= 11 is 0. The molecule has 0 radical (unpaired) electrons. The van der Waals surface area contributed by atoms with Gasteiger partial charge in [0.2, 0.25) is 0 Å². The third kappa shape index (κ3) is 3.42. The van der Waals surface area contributed by atoms with Crippen molar-refractivity contribution in [1.29, 1.82) is 0 Å². The Balaban J connectivity index is 0.00000147. The van der Waals surface area contributed by atoms with Crippen molar-refractivity contribution in [2.45, 2.75) is 6.54 Å². The molecule has 2 aromatic carbocycles. The highest BCUT2D eigenvalue weighted by atomic mass is 35.5. The lowest BCUT2D eigenvalue weighted by Gasteiger charge is -2.27. The Morgan fingerprint density at radius 1 is 1.05 bits per heavy atom. The van der Waals surface area contributed by atoms with Crippen LogP contribution in [-0.4, -0.2) is 38.2 Å². The summed E-state index contributed by atoms with van der Waals surface area (Å²) in [4.78, 5) is 2.50. The van der Waals surface area contributed by atoms with E-state index in [-0.39, 0.29) is 12.4 Å². The molecule has 1 saturated heterocycles. The van der Waals surface area contributed by atoms with Crippen LogP contribution in [0.3, 0.4) is 0 Å². The van der Waals surface area contributed by atoms with E-state index >= 15 is 0 Å². The molecule has 1 aliphatic heterocycles. The van der Waals surface area contributed by atoms with Gasteiger partial charge in [0.05, 0.1) is 7.11 Å². The monoisotopic (exact) mass is 292 g/mol. The minimum absolute atomic E-state index is 0. The molecular formula is C16H21ClN2O. The molecule has 1 N–H and O–H groups in total. The molecule has 1 fully saturated rings. The van der Waals surface area contributed by atoms with E-state index in [1.807, 2.05) is 6.07 Å². The van der Waals surface area contributed by atoms with Crippen LogP contribution in [0, 0.1) is 0 Å². The molecule has 0 saturated carbocycles. The van der Waals surface area contributed by atoms with Gasteiger partial charge in [0.1, 0.15) is 5.75 Å². The molecule has 20 heavy (non-hydrogen) atoms. The van der Waals surface area contributed by atoms with E-state index in [0.29, 0.717) is 0 Å². The predicted octanol–water partition coefficient (Wildman–Crippen LogP) is 2.68. The van der Waals surface area contributed by atoms with Crippen molar-refractivity contribution in [2.75, 3.05) is 33.3 Å². The number of rotatable bonds is 3. The SMILES string of the molecule is COc1ccc2cc(CN3CCNCC3)ccc2c1.Cl. The Labute approximate surface area is 126 Å². The molecule has 0 spiro atoms. The topological polar surface area (TPSA) is 24.5 Å². The number of methoxy groups -OCH3 is 1. The van der Waals surface area contributed by atoms with Crippen molar-refractivity contribution in [3.63, 3.8) is 0 Å². The highest BCUT2D eigenvalue weighted by Crippen LogP contribution is 2.22. The minimum Gasteiger partial charge on any atom is -0.497 e. The second-order valence-electron chi connectivity index (χ2n) is 5.07. The Morgan fingerprint density at radius 2 is 1.75 bits per heavy atom. The zero-order chi connectivity index (χ0) is 13.1. The Kier molecular flexibility index (Phi) is 5.24. The molecule has 0 aromatic heterocycles. The number of ether oxygens (including phenoxy) is 1. The fourth-order valence-corrected chi connectivity index (χ4v) is 2.63. The fraction of sp³-hybridized carbons (Fsp3) is 0.375. The van der Waals surface area contributed by atoms with Gasteiger partial charge in [-0.05, 0) is 34.5 Å². The quantitative estimate of drug-likeness (QED) is 0.941. The summed E-state index contributed by atoms with van der Waals surface area (Å²) in [7, 11) is 1.71. The summed E-state index contributed by atoms with van der Waals surface area (Å²) in [5, 5.41) is 5.91. The van der Waals surface area contributed by atoms with Gasteiger partial charge in [0.25, 0.3) is 0 Å². The lowest BCUT2D eigenvalue weighted by atomic mass is 10.1. The van der Waals surface area contributed by atoms with Crippen LogP contribution in [0.15, 0.2) is 36.4 Å². The summed E-state index contributed by atoms with van der Waals surface area (Å²) in [6.07, 6.45) is 0. The first-order chi connectivity index (χ1) is 9.35. The highest BCUT2D eigenvalue weighted by Gasteiger charge is 2.10. The largest absolute Gasteiger partial charge is 0.497 e. The van der Waals surface area contributed by atoms with E-state index in [4.69, 9.17) is 4.74 Å². The van der Waals surface area contributed by atoms with Gasteiger partial charge in [0, 0.05) is 32.7 Å². The first-order valence-electron chi connectivity index (χ1n) is 6.85. The van der Waals surface area contributed by atoms with Crippen LogP contribution >= 0.6 is 12.4 Å². The molecule has 108 valence electrons. The lowest BCUT2D eigenvalue weighted by molar-refractivity contribution is 0.233. The average molecular weight is 293 g/mol. The average Bonchev–Trinajstić information content (AvgIpc) is 2.48. The number of hydrogen-bond acceptors (Lipinski definition) is 3. The van der Waals surface area contributed by atoms with Crippen LogP contribution in [0.1, 0.15) is 5.56 Å². The lowest BCUT2D eigenvalue weighted by Crippen LogP contribution is -2.42. The highest BCUT2D eigenvalue weighted by molar-refractivity contribution is 5.85. The third-order valence-corrected chi connectivity index (χ3v) is 3.73. The summed E-state index contributed by atoms with van der Waals surface area (Å²) in [5.41, 5.74) is 1.39. The van der Waals surface area contributed by atoms with Crippen molar-refractivity contribution in [1.82, 2.24) is 10.2 Å². The third-order valence-electron chi connectivity index (χ3n) is 3.73. The summed E-state index contributed by atoms with van der Waals surface area (Å²) in [5.74, 6) is 0.919. The molecule has 0 unspecified atom stereocenters. The van der Waals surface area contributed by atoms with E-state index in [0.717, 1.165) is 38.5 Å². The van der Waals surface area contributed by atoms with Crippen LogP contribution in [0.5, 0.6) is 5.75 Å². The van der Waals surface area contributed by atoms with Gasteiger partial charge >= 0.3 is 0 Å². The van der Waals surface area contributed by atoms with Crippen LogP contribution in [-0.2, 0) is 6.54 Å². The zero-order valence-electron chi connectivity index (χ0n) is 11.8. The standard InChI is InChI=1S/C16H20N2O.ClH/c1-19-16-5-4-14-10-13(2-3-15(14)11-16)12-18-8-6-17-7-9-18;/h2-5,10-11,17H,6-9,12H2,1H3;1H. The number of fused-ring (bicyclic) bond motifs is 1. The molecular weight excluding hydrogens is 272 g/mol. The van der Waals surface area contributed by atoms with Gasteiger partial charge in [-0.1, -0.05) is 18.2 Å². The molecule has 3 rings (SSSR count). The predicted molar refractivity (Wildman–Crippen MR) is 85.9 cm³/mol. The molecule has 0 atom stereocenters. The van der Waals surface area contributed by atoms with Crippen molar-refractivity contribution in [2.24, 2.45) is 0 Å². The summed E-state index contributed by atoms with van der Waals surface area (Å²) in [6.45, 7) is 5.53. The maximum absolute atomic E-state index is 5.26. The van der Waals surface area contributed by atoms with E-state index in [2.05, 4.69) is 40.5 Å². The summed E-state index contributed by atoms with van der Waals surface area (Å²) < 4.78 is 5.26. The van der Waals surface area contributed by atoms with Crippen molar-refractivity contribution >= 4 is 23.2 Å². The molecule has 3 nitrogen and oxygen atoms in total. The zero-order valence-corrected chi connectivity index (χ0v) is 12.6. The molecule has 1 aliphatic rings. The minimum atomic E-state index is 0. The first kappa shape index (κ1) is 15.1. The van der Waals surface area contributed by atoms with Crippen molar-refractivity contribution in [3.8, 4) is 5.75 Å². The van der Waals surface area contributed by atoms with Gasteiger partial charge in [-0.2, -0.15) is 0 Å². The van der Waals surface area contributed by atoms with Gasteiger partial charge < -0.3 is 10.1 Å². The summed E-state index contributed by atoms with van der Waals surface area (Å²) in [6, 6.07) is 13.0. The maximum Gasteiger partial charge on any atom is 0.119 e. The second-order valence-corrected chi connectivity index (χ2v) is 5.07. The van der Waals surface area contributed by atoms with Gasteiger partial charge in [0.15, 0.2) is 0 Å². The van der Waals surface area contributed by atoms with Gasteiger partial charge in [-0.3, -0.25) is 4.90 Å². The van der Waals surface area contributed by atoms with Crippen molar-refractivity contribution < 1.29 is 4.74 Å². The Morgan fingerprint density at radius 3 is 2.50 bits per heavy atom. The molecule has 4 heteroatoms. The number of halogens is 1. The Bertz CT molecular complexity index is 567. The molecule has 1 heterocycles. The molecule has 0 amide bonds. The molecule has 0 bridgehead atoms. The number of nitrogens with zero attached hydrogens (tertiary/aromatic N) is 1. The number of benzene rings is 2. The van der Waals surface area contributed by atoms with Gasteiger partial charge in [-0.15, -0.1) is 12.4 Å². The van der Waals surface area contributed by atoms with Crippen LogP contribution < -0.4 is 10.1 Å². The first-order valence-corrected chi connectivity index (χ1v) is 6.85. The second kappa shape index (κ2) is 6.93. The van der Waals surface area contributed by atoms with Crippen LogP contribution in [0.2, 0.25) is 0 Å². The van der Waals surface area contributed by atoms with Crippen LogP contribution in [0.4, 0.5) is 0 Å². The van der Waals surface area contributed by atoms with Gasteiger partial charge in [-0.25, -0.2) is 0 Å². The number of piperazine rings is 1. The Hall–Kier alpha value is -1.29. The van der Waals surface area contributed by atoms with E-state index < -0.39 is 0 Å². The molecule has 0 aliphatic carbocycles. The fourth-order valence-electron chi connectivity index (χ4n) is 2.63. The van der Waals surface area contributed by atoms with E-state index in [1.54, 1.807) is 7.11 Å². The number of hydrogen-bond donors (Lipinski definition) is 1. The van der Waals surface area contributed by atoms with Crippen LogP contribution in [0.25, 0.3) is 10.8 Å². The number of nitrogens with one attached hydrogen (secondary N) is 1. The van der Waals surface area contributed by atoms with Crippen molar-refractivity contribution in [3.05, 3.63) is 42.0 Å². The van der Waals surface area contributed by atoms with E-state index in [1.165, 1.54) is 16.3 Å². The van der Waals surface area contributed by atoms with E-state index in [9.17, 15) is 0 Å².